The zero-order valence-corrected chi connectivity index (χ0v) is 14.3. The highest BCUT2D eigenvalue weighted by atomic mass is 19.4. The number of aromatic nitrogens is 3. The van der Waals surface area contributed by atoms with Crippen molar-refractivity contribution in [1.82, 2.24) is 15.0 Å². The number of aliphatic hydroxyl groups excluding tert-OH is 1. The fourth-order valence-corrected chi connectivity index (χ4v) is 2.76. The van der Waals surface area contributed by atoms with E-state index in [1.54, 1.807) is 0 Å². The lowest BCUT2D eigenvalue weighted by molar-refractivity contribution is -0.143. The Balaban J connectivity index is 1.95. The van der Waals surface area contributed by atoms with Gasteiger partial charge in [-0.3, -0.25) is 0 Å². The lowest BCUT2D eigenvalue weighted by Gasteiger charge is -2.22. The molecule has 1 aromatic heterocycles. The molecule has 1 fully saturated rings. The van der Waals surface area contributed by atoms with Crippen LogP contribution in [0, 0.1) is 0 Å². The Morgan fingerprint density at radius 1 is 1.15 bits per heavy atom. The van der Waals surface area contributed by atoms with Crippen LogP contribution in [0.5, 0.6) is 0 Å². The van der Waals surface area contributed by atoms with E-state index in [4.69, 9.17) is 0 Å². The molecule has 0 saturated heterocycles. The number of alkyl halides is 3. The van der Waals surface area contributed by atoms with Crippen molar-refractivity contribution >= 4 is 17.5 Å². The van der Waals surface area contributed by atoms with E-state index in [9.17, 15) is 22.7 Å². The molecular weight excluding hydrogens is 354 g/mol. The largest absolute Gasteiger partial charge is 0.408 e. The molecule has 1 aromatic rings. The van der Waals surface area contributed by atoms with Crippen molar-refractivity contribution in [3.8, 4) is 0 Å². The third-order valence-corrected chi connectivity index (χ3v) is 4.41. The summed E-state index contributed by atoms with van der Waals surface area (Å²) in [5, 5.41) is 15.0. The minimum atomic E-state index is -4.46. The average Bonchev–Trinajstić information content (AvgIpc) is 3.38. The fourth-order valence-electron chi connectivity index (χ4n) is 2.76. The maximum atomic E-state index is 14.3. The SMILES string of the molecule is CC[C@@H](Nc1nc(NC2CC2)nc(C2=C(F)C(O)CCC2)n1)C(F)(F)F. The number of allylic oxidation sites excluding steroid dienone is 1. The summed E-state index contributed by atoms with van der Waals surface area (Å²) < 4.78 is 53.4. The topological polar surface area (TPSA) is 83.0 Å². The second-order valence-electron chi connectivity index (χ2n) is 6.61. The van der Waals surface area contributed by atoms with Crippen LogP contribution in [-0.4, -0.2) is 44.4 Å². The van der Waals surface area contributed by atoms with E-state index in [2.05, 4.69) is 25.6 Å². The molecule has 3 N–H and O–H groups in total. The van der Waals surface area contributed by atoms with Gasteiger partial charge in [0.05, 0.1) is 0 Å². The minimum Gasteiger partial charge on any atom is -0.386 e. The van der Waals surface area contributed by atoms with Gasteiger partial charge in [-0.05, 0) is 38.5 Å². The van der Waals surface area contributed by atoms with Crippen LogP contribution < -0.4 is 10.6 Å². The molecule has 2 atom stereocenters. The van der Waals surface area contributed by atoms with E-state index in [-0.39, 0.29) is 35.8 Å². The molecule has 0 amide bonds. The molecule has 2 aliphatic carbocycles. The summed E-state index contributed by atoms with van der Waals surface area (Å²) in [5.74, 6) is -0.923. The number of anilines is 2. The summed E-state index contributed by atoms with van der Waals surface area (Å²) in [6.45, 7) is 1.40. The van der Waals surface area contributed by atoms with Gasteiger partial charge in [-0.2, -0.15) is 28.1 Å². The summed E-state index contributed by atoms with van der Waals surface area (Å²) in [5.41, 5.74) is 0.119. The van der Waals surface area contributed by atoms with E-state index in [0.29, 0.717) is 19.3 Å². The van der Waals surface area contributed by atoms with Crippen molar-refractivity contribution in [3.05, 3.63) is 11.7 Å². The number of aliphatic hydroxyl groups is 1. The number of halogens is 4. The Morgan fingerprint density at radius 2 is 1.85 bits per heavy atom. The van der Waals surface area contributed by atoms with Gasteiger partial charge in [-0.1, -0.05) is 6.92 Å². The normalized spacial score (nSPS) is 22.3. The lowest BCUT2D eigenvalue weighted by Crippen LogP contribution is -2.36. The number of hydrogen-bond donors (Lipinski definition) is 3. The van der Waals surface area contributed by atoms with Crippen LogP contribution in [0.3, 0.4) is 0 Å². The van der Waals surface area contributed by atoms with Gasteiger partial charge in [0.25, 0.3) is 0 Å². The Morgan fingerprint density at radius 3 is 2.46 bits per heavy atom. The first-order valence-electron chi connectivity index (χ1n) is 8.70. The molecule has 0 aromatic carbocycles. The van der Waals surface area contributed by atoms with Crippen molar-refractivity contribution < 1.29 is 22.7 Å². The molecule has 0 spiro atoms. The van der Waals surface area contributed by atoms with Crippen molar-refractivity contribution in [2.75, 3.05) is 10.6 Å². The maximum Gasteiger partial charge on any atom is 0.408 e. The van der Waals surface area contributed by atoms with Gasteiger partial charge >= 0.3 is 6.18 Å². The van der Waals surface area contributed by atoms with Gasteiger partial charge in [-0.25, -0.2) is 4.39 Å². The molecule has 1 unspecified atom stereocenters. The van der Waals surface area contributed by atoms with Crippen LogP contribution >= 0.6 is 0 Å². The molecule has 6 nitrogen and oxygen atoms in total. The van der Waals surface area contributed by atoms with Crippen LogP contribution in [0.2, 0.25) is 0 Å². The van der Waals surface area contributed by atoms with Crippen LogP contribution in [-0.2, 0) is 0 Å². The summed E-state index contributed by atoms with van der Waals surface area (Å²) in [6.07, 6.45) is -2.91. The molecular formula is C16H21F4N5O. The molecule has 1 saturated carbocycles. The molecule has 0 aliphatic heterocycles. The number of hydrogen-bond acceptors (Lipinski definition) is 6. The number of rotatable bonds is 6. The highest BCUT2D eigenvalue weighted by Gasteiger charge is 2.39. The zero-order chi connectivity index (χ0) is 18.9. The van der Waals surface area contributed by atoms with Gasteiger partial charge in [0.15, 0.2) is 5.82 Å². The van der Waals surface area contributed by atoms with Gasteiger partial charge in [-0.15, -0.1) is 0 Å². The lowest BCUT2D eigenvalue weighted by atomic mass is 9.96. The predicted molar refractivity (Wildman–Crippen MR) is 88.1 cm³/mol. The summed E-state index contributed by atoms with van der Waals surface area (Å²) in [4.78, 5) is 12.1. The average molecular weight is 375 g/mol. The molecule has 144 valence electrons. The van der Waals surface area contributed by atoms with Crippen molar-refractivity contribution in [1.29, 1.82) is 0 Å². The van der Waals surface area contributed by atoms with E-state index >= 15 is 0 Å². The minimum absolute atomic E-state index is 0.0427. The molecule has 2 aliphatic rings. The summed E-state index contributed by atoms with van der Waals surface area (Å²) in [7, 11) is 0. The maximum absolute atomic E-state index is 14.3. The van der Waals surface area contributed by atoms with Crippen molar-refractivity contribution in [2.45, 2.75) is 69.8 Å². The second kappa shape index (κ2) is 7.34. The van der Waals surface area contributed by atoms with Gasteiger partial charge in [0, 0.05) is 11.6 Å². The van der Waals surface area contributed by atoms with Gasteiger partial charge < -0.3 is 15.7 Å². The van der Waals surface area contributed by atoms with Crippen LogP contribution in [0.4, 0.5) is 29.5 Å². The summed E-state index contributed by atoms with van der Waals surface area (Å²) >= 11 is 0. The standard InChI is InChI=1S/C16H21F4N5O/c1-2-11(16(18,19)20)22-15-24-13(9-4-3-5-10(26)12(9)17)23-14(25-15)21-8-6-7-8/h8,10-11,26H,2-7H2,1H3,(H2,21,22,23,24,25)/t10?,11-/m1/s1. The third-order valence-electron chi connectivity index (χ3n) is 4.41. The Labute approximate surface area is 148 Å². The van der Waals surface area contributed by atoms with Crippen LogP contribution in [0.15, 0.2) is 5.83 Å². The third kappa shape index (κ3) is 4.40. The highest BCUT2D eigenvalue weighted by molar-refractivity contribution is 5.65. The number of nitrogens with zero attached hydrogens (tertiary/aromatic N) is 3. The molecule has 3 rings (SSSR count). The van der Waals surface area contributed by atoms with Crippen molar-refractivity contribution in [3.63, 3.8) is 0 Å². The Hall–Kier alpha value is -1.97. The van der Waals surface area contributed by atoms with Gasteiger partial charge in [0.1, 0.15) is 18.0 Å². The van der Waals surface area contributed by atoms with Crippen LogP contribution in [0.1, 0.15) is 51.3 Å². The number of nitrogens with one attached hydrogen (secondary N) is 2. The van der Waals surface area contributed by atoms with Gasteiger partial charge in [0.2, 0.25) is 11.9 Å². The second-order valence-corrected chi connectivity index (χ2v) is 6.61. The Bertz CT molecular complexity index is 690. The highest BCUT2D eigenvalue weighted by Crippen LogP contribution is 2.33. The molecule has 0 bridgehead atoms. The zero-order valence-electron chi connectivity index (χ0n) is 14.3. The van der Waals surface area contributed by atoms with E-state index in [1.165, 1.54) is 6.92 Å². The molecule has 0 radical (unpaired) electrons. The first-order chi connectivity index (χ1) is 12.3. The quantitative estimate of drug-likeness (QED) is 0.661. The first kappa shape index (κ1) is 18.8. The van der Waals surface area contributed by atoms with Crippen molar-refractivity contribution in [2.24, 2.45) is 0 Å². The van der Waals surface area contributed by atoms with E-state index < -0.39 is 24.1 Å². The first-order valence-corrected chi connectivity index (χ1v) is 8.70. The molecule has 1 heterocycles. The van der Waals surface area contributed by atoms with Crippen LogP contribution in [0.25, 0.3) is 5.57 Å². The predicted octanol–water partition coefficient (Wildman–Crippen LogP) is 3.42. The Kier molecular flexibility index (Phi) is 5.31. The molecule has 26 heavy (non-hydrogen) atoms. The summed E-state index contributed by atoms with van der Waals surface area (Å²) in [6, 6.07) is -1.65. The smallest absolute Gasteiger partial charge is 0.386 e. The monoisotopic (exact) mass is 375 g/mol. The van der Waals surface area contributed by atoms with E-state index in [1.807, 2.05) is 0 Å². The van der Waals surface area contributed by atoms with E-state index in [0.717, 1.165) is 12.8 Å². The fraction of sp³-hybridized carbons (Fsp3) is 0.688. The molecule has 10 heteroatoms.